The van der Waals surface area contributed by atoms with Crippen molar-refractivity contribution in [2.24, 2.45) is 0 Å². The summed E-state index contributed by atoms with van der Waals surface area (Å²) in [5, 5.41) is 13.1. The molecule has 0 unspecified atom stereocenters. The van der Waals surface area contributed by atoms with E-state index in [1.54, 1.807) is 23.5 Å². The van der Waals surface area contributed by atoms with Crippen LogP contribution in [0.4, 0.5) is 10.8 Å². The lowest BCUT2D eigenvalue weighted by Gasteiger charge is -2.32. The number of carbonyl (C=O) groups is 1. The molecular weight excluding hydrogens is 418 g/mol. The highest BCUT2D eigenvalue weighted by molar-refractivity contribution is 8.00. The molecule has 2 heterocycles. The first kappa shape index (κ1) is 20.6. The number of hydrogen-bond donors (Lipinski definition) is 2. The Balaban J connectivity index is 1.34. The second-order valence-corrected chi connectivity index (χ2v) is 8.73. The van der Waals surface area contributed by atoms with Gasteiger partial charge < -0.3 is 19.5 Å². The summed E-state index contributed by atoms with van der Waals surface area (Å²) in [7, 11) is 1.52. The van der Waals surface area contributed by atoms with Crippen molar-refractivity contribution in [3.63, 3.8) is 0 Å². The fraction of sp³-hybridized carbons (Fsp3) is 0.273. The molecule has 1 aliphatic rings. The minimum Gasteiger partial charge on any atom is -0.495 e. The van der Waals surface area contributed by atoms with Crippen LogP contribution in [0.3, 0.4) is 0 Å². The van der Waals surface area contributed by atoms with Gasteiger partial charge >= 0.3 is 5.97 Å². The van der Waals surface area contributed by atoms with Gasteiger partial charge in [0.1, 0.15) is 10.8 Å². The monoisotopic (exact) mass is 441 g/mol. The molecule has 1 aliphatic heterocycles. The van der Waals surface area contributed by atoms with E-state index in [0.29, 0.717) is 17.4 Å². The zero-order valence-corrected chi connectivity index (χ0v) is 18.2. The molecule has 0 aliphatic carbocycles. The van der Waals surface area contributed by atoms with Gasteiger partial charge in [-0.3, -0.25) is 0 Å². The van der Waals surface area contributed by atoms with E-state index in [-0.39, 0.29) is 5.56 Å². The van der Waals surface area contributed by atoms with Crippen LogP contribution in [0.15, 0.2) is 58.9 Å². The predicted molar refractivity (Wildman–Crippen MR) is 122 cm³/mol. The Morgan fingerprint density at radius 2 is 2.00 bits per heavy atom. The number of benzene rings is 2. The molecule has 0 saturated carbocycles. The molecule has 6 nitrogen and oxygen atoms in total. The molecule has 1 saturated heterocycles. The number of ether oxygens (including phenoxy) is 1. The maximum atomic E-state index is 11.1. The molecule has 1 fully saturated rings. The quantitative estimate of drug-likeness (QED) is 0.479. The Kier molecular flexibility index (Phi) is 6.44. The highest BCUT2D eigenvalue weighted by atomic mass is 32.2. The van der Waals surface area contributed by atoms with Crippen LogP contribution in [0.5, 0.6) is 5.75 Å². The molecule has 3 aromatic rings. The van der Waals surface area contributed by atoms with Crippen molar-refractivity contribution < 1.29 is 14.6 Å². The molecule has 0 atom stereocenters. The lowest BCUT2D eigenvalue weighted by molar-refractivity contribution is 0.0696. The molecule has 0 radical (unpaired) electrons. The number of hydrogen-bond acceptors (Lipinski definition) is 7. The van der Waals surface area contributed by atoms with E-state index in [1.165, 1.54) is 30.7 Å². The molecular formula is C22H23N3O3S2. The number of piperidine rings is 1. The van der Waals surface area contributed by atoms with Gasteiger partial charge in [0.05, 0.1) is 18.4 Å². The number of aromatic carboxylic acids is 1. The van der Waals surface area contributed by atoms with Crippen LogP contribution in [0, 0.1) is 0 Å². The Morgan fingerprint density at radius 1 is 1.23 bits per heavy atom. The highest BCUT2D eigenvalue weighted by Crippen LogP contribution is 2.35. The van der Waals surface area contributed by atoms with E-state index < -0.39 is 5.97 Å². The van der Waals surface area contributed by atoms with E-state index in [2.05, 4.69) is 40.0 Å². The van der Waals surface area contributed by atoms with Crippen LogP contribution >= 0.6 is 23.3 Å². The van der Waals surface area contributed by atoms with E-state index in [1.807, 2.05) is 5.38 Å². The van der Waals surface area contributed by atoms with Crippen LogP contribution in [-0.2, 0) is 0 Å². The third kappa shape index (κ3) is 4.71. The summed E-state index contributed by atoms with van der Waals surface area (Å²) in [6, 6.07) is 15.5. The Bertz CT molecular complexity index is 1000. The van der Waals surface area contributed by atoms with Gasteiger partial charge in [-0.05, 0) is 42.5 Å². The van der Waals surface area contributed by atoms with Crippen LogP contribution in [0.1, 0.15) is 34.7 Å². The fourth-order valence-electron chi connectivity index (χ4n) is 3.59. The maximum Gasteiger partial charge on any atom is 0.335 e. The van der Waals surface area contributed by atoms with Crippen molar-refractivity contribution in [2.75, 3.05) is 29.8 Å². The summed E-state index contributed by atoms with van der Waals surface area (Å²) < 4.78 is 8.52. The number of thiazole rings is 1. The van der Waals surface area contributed by atoms with Gasteiger partial charge in [-0.25, -0.2) is 9.78 Å². The molecule has 2 N–H and O–H groups in total. The van der Waals surface area contributed by atoms with Crippen molar-refractivity contribution in [1.82, 2.24) is 4.98 Å². The first-order valence-electron chi connectivity index (χ1n) is 9.73. The average Bonchev–Trinajstić information content (AvgIpc) is 3.27. The topological polar surface area (TPSA) is 74.7 Å². The number of carboxylic acid groups (broad SMARTS) is 1. The predicted octanol–water partition coefficient (Wildman–Crippen LogP) is 5.35. The van der Waals surface area contributed by atoms with Crippen molar-refractivity contribution in [1.29, 1.82) is 0 Å². The zero-order chi connectivity index (χ0) is 20.9. The van der Waals surface area contributed by atoms with E-state index >= 15 is 0 Å². The lowest BCUT2D eigenvalue weighted by atomic mass is 9.90. The first-order valence-corrected chi connectivity index (χ1v) is 11.4. The summed E-state index contributed by atoms with van der Waals surface area (Å²) in [4.78, 5) is 18.2. The zero-order valence-electron chi connectivity index (χ0n) is 16.6. The third-order valence-electron chi connectivity index (χ3n) is 5.22. The van der Waals surface area contributed by atoms with Crippen molar-refractivity contribution in [3.8, 4) is 5.75 Å². The summed E-state index contributed by atoms with van der Waals surface area (Å²) in [5.74, 6) is 0.132. The van der Waals surface area contributed by atoms with Gasteiger partial charge in [0, 0.05) is 30.4 Å². The largest absolute Gasteiger partial charge is 0.495 e. The summed E-state index contributed by atoms with van der Waals surface area (Å²) in [6.45, 7) is 2.02. The smallest absolute Gasteiger partial charge is 0.335 e. The Labute approximate surface area is 184 Å². The molecule has 156 valence electrons. The second kappa shape index (κ2) is 9.40. The van der Waals surface area contributed by atoms with Gasteiger partial charge in [-0.15, -0.1) is 11.3 Å². The number of anilines is 2. The number of nitrogens with one attached hydrogen (secondary N) is 1. The summed E-state index contributed by atoms with van der Waals surface area (Å²) >= 11 is 3.04. The summed E-state index contributed by atoms with van der Waals surface area (Å²) in [6.07, 6.45) is 2.27. The molecule has 8 heteroatoms. The van der Waals surface area contributed by atoms with Gasteiger partial charge in [0.2, 0.25) is 0 Å². The van der Waals surface area contributed by atoms with Gasteiger partial charge in [-0.2, -0.15) is 0 Å². The fourth-order valence-corrected chi connectivity index (χ4v) is 5.24. The average molecular weight is 442 g/mol. The normalized spacial score (nSPS) is 14.5. The minimum atomic E-state index is -0.979. The highest BCUT2D eigenvalue weighted by Gasteiger charge is 2.22. The van der Waals surface area contributed by atoms with Gasteiger partial charge in [-0.1, -0.05) is 30.3 Å². The minimum absolute atomic E-state index is 0.192. The van der Waals surface area contributed by atoms with E-state index in [4.69, 9.17) is 14.8 Å². The second-order valence-electron chi connectivity index (χ2n) is 7.06. The van der Waals surface area contributed by atoms with E-state index in [0.717, 1.165) is 36.1 Å². The van der Waals surface area contributed by atoms with Gasteiger partial charge in [0.15, 0.2) is 5.13 Å². The molecule has 0 bridgehead atoms. The number of nitrogens with zero attached hydrogens (tertiary/aromatic N) is 2. The van der Waals surface area contributed by atoms with Crippen molar-refractivity contribution >= 4 is 40.1 Å². The van der Waals surface area contributed by atoms with E-state index in [9.17, 15) is 4.79 Å². The molecule has 2 aromatic carbocycles. The number of methoxy groups -OCH3 is 1. The molecule has 0 spiro atoms. The van der Waals surface area contributed by atoms with Crippen LogP contribution in [0.2, 0.25) is 0 Å². The molecule has 30 heavy (non-hydrogen) atoms. The van der Waals surface area contributed by atoms with Crippen molar-refractivity contribution in [2.45, 2.75) is 23.8 Å². The third-order valence-corrected chi connectivity index (χ3v) is 7.01. The molecule has 0 amide bonds. The Morgan fingerprint density at radius 3 is 2.70 bits per heavy atom. The van der Waals surface area contributed by atoms with Crippen LogP contribution in [0.25, 0.3) is 0 Å². The van der Waals surface area contributed by atoms with Gasteiger partial charge in [0.25, 0.3) is 0 Å². The number of aromatic nitrogens is 1. The van der Waals surface area contributed by atoms with Crippen LogP contribution in [-0.4, -0.2) is 36.3 Å². The number of rotatable bonds is 7. The lowest BCUT2D eigenvalue weighted by Crippen LogP contribution is -2.32. The maximum absolute atomic E-state index is 11.1. The molecule has 4 rings (SSSR count). The number of carboxylic acids is 1. The molecule has 1 aromatic heterocycles. The standard InChI is InChI=1S/C22H23N3O3S2/c1-28-19-13-17(21(26)27)7-8-18(19)24-30-20-14-29-22(23-20)25-11-9-16(10-12-25)15-5-3-2-4-6-15/h2-8,13-14,16,24H,9-12H2,1H3,(H,26,27). The Hall–Kier alpha value is -2.71. The van der Waals surface area contributed by atoms with Crippen molar-refractivity contribution in [3.05, 3.63) is 65.0 Å². The van der Waals surface area contributed by atoms with Crippen LogP contribution < -0.4 is 14.4 Å². The SMILES string of the molecule is COc1cc(C(=O)O)ccc1NSc1csc(N2CCC(c3ccccc3)CC2)n1. The summed E-state index contributed by atoms with van der Waals surface area (Å²) in [5.41, 5.74) is 2.34. The first-order chi connectivity index (χ1) is 14.6.